The molecule has 4 nitrogen and oxygen atoms in total. The van der Waals surface area contributed by atoms with Crippen LogP contribution in [0.2, 0.25) is 5.02 Å². The van der Waals surface area contributed by atoms with E-state index in [0.717, 1.165) is 33.6 Å². The van der Waals surface area contributed by atoms with E-state index in [0.29, 0.717) is 0 Å². The van der Waals surface area contributed by atoms with Gasteiger partial charge in [0.05, 0.1) is 17.3 Å². The largest absolute Gasteiger partial charge is 0.271 e. The van der Waals surface area contributed by atoms with E-state index in [4.69, 9.17) is 17.4 Å². The van der Waals surface area contributed by atoms with E-state index >= 15 is 0 Å². The predicted octanol–water partition coefficient (Wildman–Crippen LogP) is 2.97. The summed E-state index contributed by atoms with van der Waals surface area (Å²) >= 11 is 5.92. The van der Waals surface area contributed by atoms with Crippen molar-refractivity contribution in [2.75, 3.05) is 0 Å². The molecule has 0 radical (unpaired) electrons. The third-order valence-electron chi connectivity index (χ3n) is 3.67. The number of nitrogens with one attached hydrogen (secondary N) is 1. The van der Waals surface area contributed by atoms with Gasteiger partial charge < -0.3 is 0 Å². The third-order valence-corrected chi connectivity index (χ3v) is 3.92. The maximum atomic E-state index is 5.92. The molecule has 0 spiro atoms. The summed E-state index contributed by atoms with van der Waals surface area (Å²) in [5, 5.41) is 6.48. The number of nitrogens with zero attached hydrogens (tertiary/aromatic N) is 2. The topological polar surface area (TPSA) is 55.9 Å². The van der Waals surface area contributed by atoms with Gasteiger partial charge in [-0.25, -0.2) is 0 Å². The molecule has 0 amide bonds. The first-order valence-electron chi connectivity index (χ1n) is 6.81. The molecule has 0 saturated heterocycles. The highest BCUT2D eigenvalue weighted by Gasteiger charge is 2.18. The Hall–Kier alpha value is -1.88. The molecule has 1 heterocycles. The Bertz CT molecular complexity index is 749. The van der Waals surface area contributed by atoms with Crippen molar-refractivity contribution in [3.63, 3.8) is 0 Å². The number of rotatable bonds is 4. The van der Waals surface area contributed by atoms with Gasteiger partial charge in [-0.2, -0.15) is 5.10 Å². The molecule has 0 bridgehead atoms. The molecule has 1 unspecified atom stereocenters. The van der Waals surface area contributed by atoms with Crippen molar-refractivity contribution in [3.8, 4) is 0 Å². The molecular formula is C16H17ClN4. The van der Waals surface area contributed by atoms with Crippen LogP contribution >= 0.6 is 11.6 Å². The van der Waals surface area contributed by atoms with Crippen molar-refractivity contribution >= 4 is 22.5 Å². The summed E-state index contributed by atoms with van der Waals surface area (Å²) in [5.41, 5.74) is 6.11. The van der Waals surface area contributed by atoms with Crippen LogP contribution < -0.4 is 11.3 Å². The second-order valence-corrected chi connectivity index (χ2v) is 5.51. The summed E-state index contributed by atoms with van der Waals surface area (Å²) in [6, 6.07) is 15.9. The lowest BCUT2D eigenvalue weighted by molar-refractivity contribution is 0.532. The van der Waals surface area contributed by atoms with Crippen LogP contribution in [0.5, 0.6) is 0 Å². The molecule has 5 heteroatoms. The van der Waals surface area contributed by atoms with E-state index in [-0.39, 0.29) is 6.04 Å². The van der Waals surface area contributed by atoms with Gasteiger partial charge in [-0.05, 0) is 30.2 Å². The van der Waals surface area contributed by atoms with Gasteiger partial charge in [0.25, 0.3) is 0 Å². The number of hydrogen-bond donors (Lipinski definition) is 2. The zero-order valence-electron chi connectivity index (χ0n) is 11.8. The van der Waals surface area contributed by atoms with Gasteiger partial charge in [0.1, 0.15) is 0 Å². The van der Waals surface area contributed by atoms with Crippen molar-refractivity contribution in [2.45, 2.75) is 12.5 Å². The normalized spacial score (nSPS) is 12.7. The predicted molar refractivity (Wildman–Crippen MR) is 85.9 cm³/mol. The van der Waals surface area contributed by atoms with Crippen LogP contribution in [0.15, 0.2) is 48.5 Å². The lowest BCUT2D eigenvalue weighted by Crippen LogP contribution is -2.30. The Morgan fingerprint density at radius 3 is 2.62 bits per heavy atom. The van der Waals surface area contributed by atoms with Crippen LogP contribution in [-0.4, -0.2) is 9.78 Å². The molecule has 0 fully saturated rings. The van der Waals surface area contributed by atoms with Gasteiger partial charge in [0.15, 0.2) is 0 Å². The molecule has 3 rings (SSSR count). The second kappa shape index (κ2) is 5.85. The lowest BCUT2D eigenvalue weighted by Gasteiger charge is -2.14. The quantitative estimate of drug-likeness (QED) is 0.575. The summed E-state index contributed by atoms with van der Waals surface area (Å²) in [7, 11) is 1.95. The van der Waals surface area contributed by atoms with Crippen LogP contribution in [0.4, 0.5) is 0 Å². The third kappa shape index (κ3) is 2.78. The molecule has 3 N–H and O–H groups in total. The zero-order chi connectivity index (χ0) is 14.8. The summed E-state index contributed by atoms with van der Waals surface area (Å²) in [4.78, 5) is 0. The summed E-state index contributed by atoms with van der Waals surface area (Å²) in [6.45, 7) is 0. The molecule has 21 heavy (non-hydrogen) atoms. The van der Waals surface area contributed by atoms with E-state index in [2.05, 4.69) is 22.7 Å². The Labute approximate surface area is 128 Å². The van der Waals surface area contributed by atoms with Crippen molar-refractivity contribution in [1.29, 1.82) is 0 Å². The zero-order valence-corrected chi connectivity index (χ0v) is 12.5. The number of benzene rings is 2. The van der Waals surface area contributed by atoms with E-state index in [1.165, 1.54) is 0 Å². The van der Waals surface area contributed by atoms with Crippen molar-refractivity contribution in [1.82, 2.24) is 15.2 Å². The number of hydrazine groups is 1. The van der Waals surface area contributed by atoms with Crippen LogP contribution in [0.3, 0.4) is 0 Å². The first-order valence-corrected chi connectivity index (χ1v) is 7.19. The number of para-hydroxylation sites is 1. The average Bonchev–Trinajstić information content (AvgIpc) is 2.84. The van der Waals surface area contributed by atoms with E-state index in [1.54, 1.807) is 0 Å². The van der Waals surface area contributed by atoms with Crippen LogP contribution in [0.25, 0.3) is 10.9 Å². The van der Waals surface area contributed by atoms with Gasteiger partial charge in [-0.3, -0.25) is 16.0 Å². The standard InChI is InChI=1S/C16H17ClN4/c1-21-15-5-3-2-4-13(15)16(20-21)14(19-18)10-11-6-8-12(17)9-7-11/h2-9,14,19H,10,18H2,1H3. The van der Waals surface area contributed by atoms with Crippen LogP contribution in [0.1, 0.15) is 17.3 Å². The van der Waals surface area contributed by atoms with Crippen LogP contribution in [-0.2, 0) is 13.5 Å². The minimum absolute atomic E-state index is 0.0442. The van der Waals surface area contributed by atoms with Crippen LogP contribution in [0, 0.1) is 0 Å². The van der Waals surface area contributed by atoms with Gasteiger partial charge in [-0.1, -0.05) is 41.9 Å². The number of hydrogen-bond acceptors (Lipinski definition) is 3. The Morgan fingerprint density at radius 1 is 1.19 bits per heavy atom. The smallest absolute Gasteiger partial charge is 0.0889 e. The Morgan fingerprint density at radius 2 is 1.90 bits per heavy atom. The highest BCUT2D eigenvalue weighted by Crippen LogP contribution is 2.25. The van der Waals surface area contributed by atoms with Gasteiger partial charge in [0.2, 0.25) is 0 Å². The van der Waals surface area contributed by atoms with Crippen molar-refractivity contribution in [2.24, 2.45) is 12.9 Å². The van der Waals surface area contributed by atoms with E-state index < -0.39 is 0 Å². The van der Waals surface area contributed by atoms with Crippen molar-refractivity contribution < 1.29 is 0 Å². The first kappa shape index (κ1) is 14.1. The molecule has 0 aliphatic rings. The summed E-state index contributed by atoms with van der Waals surface area (Å²) in [6.07, 6.45) is 0.759. The Kier molecular flexibility index (Phi) is 3.92. The summed E-state index contributed by atoms with van der Waals surface area (Å²) in [5.74, 6) is 5.76. The van der Waals surface area contributed by atoms with E-state index in [1.807, 2.05) is 48.1 Å². The van der Waals surface area contributed by atoms with Crippen molar-refractivity contribution in [3.05, 3.63) is 64.8 Å². The maximum Gasteiger partial charge on any atom is 0.0889 e. The highest BCUT2D eigenvalue weighted by molar-refractivity contribution is 6.30. The highest BCUT2D eigenvalue weighted by atomic mass is 35.5. The Balaban J connectivity index is 1.96. The fourth-order valence-electron chi connectivity index (χ4n) is 2.59. The molecular weight excluding hydrogens is 284 g/mol. The lowest BCUT2D eigenvalue weighted by atomic mass is 10.0. The van der Waals surface area contributed by atoms with Gasteiger partial charge >= 0.3 is 0 Å². The first-order chi connectivity index (χ1) is 10.2. The fourth-order valence-corrected chi connectivity index (χ4v) is 2.72. The molecule has 1 atom stereocenters. The monoisotopic (exact) mass is 300 g/mol. The molecule has 1 aromatic heterocycles. The molecule has 3 aromatic rings. The summed E-state index contributed by atoms with van der Waals surface area (Å²) < 4.78 is 1.89. The number of halogens is 1. The average molecular weight is 301 g/mol. The number of fused-ring (bicyclic) bond motifs is 1. The molecule has 0 saturated carbocycles. The van der Waals surface area contributed by atoms with E-state index in [9.17, 15) is 0 Å². The SMILES string of the molecule is Cn1nc(C(Cc2ccc(Cl)cc2)NN)c2ccccc21. The number of aryl methyl sites for hydroxylation is 1. The molecule has 108 valence electrons. The van der Waals surface area contributed by atoms with Gasteiger partial charge in [-0.15, -0.1) is 0 Å². The van der Waals surface area contributed by atoms with Gasteiger partial charge in [0, 0.05) is 17.5 Å². The molecule has 0 aliphatic carbocycles. The molecule has 0 aliphatic heterocycles. The molecule has 2 aromatic carbocycles. The second-order valence-electron chi connectivity index (χ2n) is 5.08. The maximum absolute atomic E-state index is 5.92. The minimum atomic E-state index is -0.0442. The minimum Gasteiger partial charge on any atom is -0.271 e. The fraction of sp³-hybridized carbons (Fsp3) is 0.188. The number of aromatic nitrogens is 2. The number of nitrogens with two attached hydrogens (primary N) is 1.